The summed E-state index contributed by atoms with van der Waals surface area (Å²) in [7, 11) is 7.87. The number of nitrogens with zero attached hydrogens (tertiary/aromatic N) is 5. The lowest BCUT2D eigenvalue weighted by Gasteiger charge is -2.40. The van der Waals surface area contributed by atoms with Crippen molar-refractivity contribution in [2.75, 3.05) is 27.7 Å². The average Bonchev–Trinajstić information content (AvgIpc) is 3.20. The van der Waals surface area contributed by atoms with Crippen LogP contribution in [0.5, 0.6) is 0 Å². The van der Waals surface area contributed by atoms with Gasteiger partial charge in [-0.25, -0.2) is 4.79 Å². The number of hydrogen-bond acceptors (Lipinski definition) is 5. The Morgan fingerprint density at radius 3 is 2.45 bits per heavy atom. The normalized spacial score (nSPS) is 25.0. The number of ether oxygens (including phenoxy) is 1. The molecule has 0 aromatic carbocycles. The van der Waals surface area contributed by atoms with Gasteiger partial charge in [-0.05, 0) is 60.5 Å². The van der Waals surface area contributed by atoms with E-state index in [-0.39, 0.29) is 24.2 Å². The van der Waals surface area contributed by atoms with Gasteiger partial charge >= 0.3 is 6.09 Å². The standard InChI is InChI=1S/C22H39N7O2/c1-22(2,3)31-21(30)29-17-8-9-18(29)11-16(10-17)26-20(23-4)24-13-19(27(5)6)15-12-25-28(7)14-15/h12,14,16-19H,8-11,13H2,1-7H3,(H2,23,24,26). The van der Waals surface area contributed by atoms with Crippen LogP contribution in [0, 0.1) is 0 Å². The maximum Gasteiger partial charge on any atom is 0.410 e. The van der Waals surface area contributed by atoms with E-state index in [9.17, 15) is 4.79 Å². The molecule has 3 unspecified atom stereocenters. The summed E-state index contributed by atoms with van der Waals surface area (Å²) in [5, 5.41) is 11.4. The summed E-state index contributed by atoms with van der Waals surface area (Å²) in [4.78, 5) is 21.3. The summed E-state index contributed by atoms with van der Waals surface area (Å²) in [6.45, 7) is 6.48. The number of piperidine rings is 1. The van der Waals surface area contributed by atoms with Crippen molar-refractivity contribution in [2.24, 2.45) is 12.0 Å². The molecular formula is C22H39N7O2. The number of aliphatic imine (C=N–C) groups is 1. The smallest absolute Gasteiger partial charge is 0.410 e. The molecule has 1 aromatic heterocycles. The molecule has 0 spiro atoms. The molecule has 0 radical (unpaired) electrons. The van der Waals surface area contributed by atoms with Crippen LogP contribution in [0.2, 0.25) is 0 Å². The van der Waals surface area contributed by atoms with E-state index in [1.165, 1.54) is 5.56 Å². The molecule has 3 heterocycles. The van der Waals surface area contributed by atoms with E-state index in [1.54, 1.807) is 7.05 Å². The second-order valence-corrected chi connectivity index (χ2v) is 9.97. The topological polar surface area (TPSA) is 87.0 Å². The molecule has 2 aliphatic heterocycles. The molecule has 2 aliphatic rings. The second kappa shape index (κ2) is 9.46. The molecule has 0 saturated carbocycles. The van der Waals surface area contributed by atoms with E-state index in [0.29, 0.717) is 6.04 Å². The fourth-order valence-electron chi connectivity index (χ4n) is 4.70. The first kappa shape index (κ1) is 23.4. The Bertz CT molecular complexity index is 769. The number of guanidine groups is 1. The molecule has 174 valence electrons. The highest BCUT2D eigenvalue weighted by atomic mass is 16.6. The van der Waals surface area contributed by atoms with Crippen molar-refractivity contribution in [1.29, 1.82) is 0 Å². The van der Waals surface area contributed by atoms with Gasteiger partial charge in [0.2, 0.25) is 0 Å². The number of aromatic nitrogens is 2. The van der Waals surface area contributed by atoms with Crippen LogP contribution in [0.1, 0.15) is 58.1 Å². The molecule has 31 heavy (non-hydrogen) atoms. The Labute approximate surface area is 186 Å². The Hall–Kier alpha value is -2.29. The van der Waals surface area contributed by atoms with Gasteiger partial charge in [0.1, 0.15) is 5.60 Å². The molecule has 9 heteroatoms. The van der Waals surface area contributed by atoms with E-state index in [4.69, 9.17) is 4.74 Å². The SMILES string of the molecule is CN=C(NCC(c1cnn(C)c1)N(C)C)NC1CC2CCC(C1)N2C(=O)OC(C)(C)C. The molecule has 3 atom stereocenters. The fourth-order valence-corrected chi connectivity index (χ4v) is 4.70. The molecule has 1 amide bonds. The van der Waals surface area contributed by atoms with Gasteiger partial charge in [-0.2, -0.15) is 5.10 Å². The summed E-state index contributed by atoms with van der Waals surface area (Å²) < 4.78 is 7.47. The first-order chi connectivity index (χ1) is 14.6. The molecule has 2 saturated heterocycles. The summed E-state index contributed by atoms with van der Waals surface area (Å²) in [5.74, 6) is 0.797. The van der Waals surface area contributed by atoms with Crippen LogP contribution < -0.4 is 10.6 Å². The average molecular weight is 434 g/mol. The number of amides is 1. The predicted octanol–water partition coefficient (Wildman–Crippen LogP) is 2.12. The summed E-state index contributed by atoms with van der Waals surface area (Å²) in [6, 6.07) is 0.944. The number of rotatable bonds is 5. The van der Waals surface area contributed by atoms with Crippen LogP contribution in [0.25, 0.3) is 0 Å². The largest absolute Gasteiger partial charge is 0.444 e. The van der Waals surface area contributed by atoms with Crippen molar-refractivity contribution >= 4 is 12.1 Å². The van der Waals surface area contributed by atoms with E-state index < -0.39 is 5.60 Å². The third-order valence-electron chi connectivity index (χ3n) is 6.10. The Kier molecular flexibility index (Phi) is 7.13. The summed E-state index contributed by atoms with van der Waals surface area (Å²) in [6.07, 6.45) is 7.69. The van der Waals surface area contributed by atoms with Crippen LogP contribution in [0.3, 0.4) is 0 Å². The Morgan fingerprint density at radius 1 is 1.32 bits per heavy atom. The van der Waals surface area contributed by atoms with Gasteiger partial charge in [0.15, 0.2) is 5.96 Å². The van der Waals surface area contributed by atoms with Crippen molar-refractivity contribution in [3.63, 3.8) is 0 Å². The molecule has 2 fully saturated rings. The fraction of sp³-hybridized carbons (Fsp3) is 0.773. The van der Waals surface area contributed by atoms with Gasteiger partial charge in [-0.3, -0.25) is 9.67 Å². The maximum absolute atomic E-state index is 12.7. The molecule has 9 nitrogen and oxygen atoms in total. The number of fused-ring (bicyclic) bond motifs is 2. The monoisotopic (exact) mass is 433 g/mol. The minimum Gasteiger partial charge on any atom is -0.444 e. The lowest BCUT2D eigenvalue weighted by Crippen LogP contribution is -2.55. The van der Waals surface area contributed by atoms with Crippen LogP contribution in [0.4, 0.5) is 4.79 Å². The summed E-state index contributed by atoms with van der Waals surface area (Å²) in [5.41, 5.74) is 0.702. The van der Waals surface area contributed by atoms with E-state index in [2.05, 4.69) is 39.7 Å². The minimum atomic E-state index is -0.463. The third kappa shape index (κ3) is 5.90. The van der Waals surface area contributed by atoms with Crippen LogP contribution >= 0.6 is 0 Å². The number of hydrogen-bond donors (Lipinski definition) is 2. The van der Waals surface area contributed by atoms with E-state index >= 15 is 0 Å². The van der Waals surface area contributed by atoms with Gasteiger partial charge in [-0.15, -0.1) is 0 Å². The van der Waals surface area contributed by atoms with Gasteiger partial charge in [-0.1, -0.05) is 0 Å². The van der Waals surface area contributed by atoms with Crippen molar-refractivity contribution in [3.8, 4) is 0 Å². The van der Waals surface area contributed by atoms with Gasteiger partial charge in [0.25, 0.3) is 0 Å². The highest BCUT2D eigenvalue weighted by Crippen LogP contribution is 2.36. The Morgan fingerprint density at radius 2 is 1.97 bits per heavy atom. The van der Waals surface area contributed by atoms with Crippen LogP contribution in [0.15, 0.2) is 17.4 Å². The first-order valence-electron chi connectivity index (χ1n) is 11.2. The zero-order valence-corrected chi connectivity index (χ0v) is 20.1. The Balaban J connectivity index is 1.55. The van der Waals surface area contributed by atoms with E-state index in [1.807, 2.05) is 49.8 Å². The second-order valence-electron chi connectivity index (χ2n) is 9.97. The van der Waals surface area contributed by atoms with Gasteiger partial charge in [0.05, 0.1) is 12.2 Å². The van der Waals surface area contributed by atoms with E-state index in [0.717, 1.165) is 38.2 Å². The number of carbonyl (C=O) groups excluding carboxylic acids is 1. The number of nitrogens with one attached hydrogen (secondary N) is 2. The first-order valence-corrected chi connectivity index (χ1v) is 11.2. The zero-order chi connectivity index (χ0) is 22.8. The molecule has 2 bridgehead atoms. The highest BCUT2D eigenvalue weighted by molar-refractivity contribution is 5.80. The van der Waals surface area contributed by atoms with Gasteiger partial charge in [0, 0.05) is 50.5 Å². The molecule has 3 rings (SSSR count). The predicted molar refractivity (Wildman–Crippen MR) is 122 cm³/mol. The third-order valence-corrected chi connectivity index (χ3v) is 6.10. The van der Waals surface area contributed by atoms with Crippen molar-refractivity contribution < 1.29 is 9.53 Å². The molecule has 2 N–H and O–H groups in total. The lowest BCUT2D eigenvalue weighted by molar-refractivity contribution is 0.00545. The quantitative estimate of drug-likeness (QED) is 0.546. The van der Waals surface area contributed by atoms with Crippen molar-refractivity contribution in [3.05, 3.63) is 18.0 Å². The molecule has 1 aromatic rings. The lowest BCUT2D eigenvalue weighted by atomic mass is 9.98. The summed E-state index contributed by atoms with van der Waals surface area (Å²) >= 11 is 0. The van der Waals surface area contributed by atoms with Crippen LogP contribution in [-0.4, -0.2) is 83.0 Å². The minimum absolute atomic E-state index is 0.175. The van der Waals surface area contributed by atoms with Crippen LogP contribution in [-0.2, 0) is 11.8 Å². The molecular weight excluding hydrogens is 394 g/mol. The number of aryl methyl sites for hydroxylation is 1. The zero-order valence-electron chi connectivity index (χ0n) is 20.1. The highest BCUT2D eigenvalue weighted by Gasteiger charge is 2.45. The van der Waals surface area contributed by atoms with Crippen molar-refractivity contribution in [1.82, 2.24) is 30.2 Å². The van der Waals surface area contributed by atoms with Gasteiger partial charge < -0.3 is 25.2 Å². The number of likely N-dealkylation sites (N-methyl/N-ethyl adjacent to an activating group) is 1. The molecule has 0 aliphatic carbocycles. The number of carbonyl (C=O) groups is 1. The van der Waals surface area contributed by atoms with Crippen molar-refractivity contribution in [2.45, 2.75) is 76.2 Å². The maximum atomic E-state index is 12.7.